The quantitative estimate of drug-likeness (QED) is 0.772. The molecule has 1 amide bonds. The van der Waals surface area contributed by atoms with Crippen LogP contribution in [0.5, 0.6) is 0 Å². The molecule has 4 fully saturated rings. The maximum atomic E-state index is 11.9. The molecule has 4 aliphatic rings. The minimum absolute atomic E-state index is 0.0254. The van der Waals surface area contributed by atoms with Gasteiger partial charge in [-0.05, 0) is 73.0 Å². The highest BCUT2D eigenvalue weighted by Crippen LogP contribution is 2.66. The van der Waals surface area contributed by atoms with E-state index in [1.54, 1.807) is 0 Å². The zero-order chi connectivity index (χ0) is 17.3. The number of carboxylic acid groups (broad SMARTS) is 1. The van der Waals surface area contributed by atoms with Crippen LogP contribution in [0.25, 0.3) is 0 Å². The van der Waals surface area contributed by atoms with E-state index in [0.29, 0.717) is 36.1 Å². The van der Waals surface area contributed by atoms with E-state index in [-0.39, 0.29) is 22.7 Å². The Balaban J connectivity index is 1.67. The van der Waals surface area contributed by atoms with Gasteiger partial charge in [-0.25, -0.2) is 0 Å². The average Bonchev–Trinajstić information content (AvgIpc) is 2.86. The van der Waals surface area contributed by atoms with Crippen LogP contribution in [0.15, 0.2) is 0 Å². The zero-order valence-corrected chi connectivity index (χ0v) is 15.2. The SMILES string of the molecule is C[C@H]1CC2NC(=O)CC[C@]2(C)C2CC[C@@]3(C)C(CC[C@@H]3C(=O)O)C21. The molecule has 8 atom stereocenters. The first-order chi connectivity index (χ1) is 11.3. The van der Waals surface area contributed by atoms with Crippen LogP contribution in [-0.2, 0) is 9.59 Å². The van der Waals surface area contributed by atoms with Gasteiger partial charge in [0.25, 0.3) is 0 Å². The molecule has 24 heavy (non-hydrogen) atoms. The lowest BCUT2D eigenvalue weighted by molar-refractivity contribution is -0.156. The van der Waals surface area contributed by atoms with Gasteiger partial charge in [0.15, 0.2) is 0 Å². The van der Waals surface area contributed by atoms with E-state index in [1.165, 1.54) is 0 Å². The normalized spacial score (nSPS) is 53.5. The van der Waals surface area contributed by atoms with Crippen LogP contribution in [0.4, 0.5) is 0 Å². The summed E-state index contributed by atoms with van der Waals surface area (Å²) in [6.07, 6.45) is 6.82. The first kappa shape index (κ1) is 16.4. The van der Waals surface area contributed by atoms with Crippen LogP contribution < -0.4 is 5.32 Å². The molecule has 4 unspecified atom stereocenters. The average molecular weight is 333 g/mol. The fourth-order valence-corrected chi connectivity index (χ4v) is 7.45. The number of aliphatic carboxylic acids is 1. The number of hydrogen-bond donors (Lipinski definition) is 2. The number of carboxylic acids is 1. The van der Waals surface area contributed by atoms with Crippen molar-refractivity contribution in [1.29, 1.82) is 0 Å². The van der Waals surface area contributed by atoms with Crippen LogP contribution in [0.3, 0.4) is 0 Å². The van der Waals surface area contributed by atoms with Crippen molar-refractivity contribution >= 4 is 11.9 Å². The molecule has 1 heterocycles. The topological polar surface area (TPSA) is 66.4 Å². The summed E-state index contributed by atoms with van der Waals surface area (Å²) in [5.41, 5.74) is 0.177. The summed E-state index contributed by atoms with van der Waals surface area (Å²) < 4.78 is 0. The van der Waals surface area contributed by atoms with E-state index in [2.05, 4.69) is 26.1 Å². The molecule has 0 aromatic heterocycles. The summed E-state index contributed by atoms with van der Waals surface area (Å²) in [5.74, 6) is 1.85. The van der Waals surface area contributed by atoms with Crippen LogP contribution in [0.1, 0.15) is 65.7 Å². The number of fused-ring (bicyclic) bond motifs is 5. The summed E-state index contributed by atoms with van der Waals surface area (Å²) in [5, 5.41) is 13.0. The minimum atomic E-state index is -0.587. The molecule has 3 saturated carbocycles. The van der Waals surface area contributed by atoms with E-state index >= 15 is 0 Å². The molecular weight excluding hydrogens is 302 g/mol. The second-order valence-electron chi connectivity index (χ2n) is 9.64. The molecule has 4 nitrogen and oxygen atoms in total. The van der Waals surface area contributed by atoms with Gasteiger partial charge >= 0.3 is 5.97 Å². The minimum Gasteiger partial charge on any atom is -0.481 e. The maximum absolute atomic E-state index is 11.9. The summed E-state index contributed by atoms with van der Waals surface area (Å²) in [4.78, 5) is 23.7. The second kappa shape index (κ2) is 5.22. The highest BCUT2D eigenvalue weighted by Gasteiger charge is 2.63. The van der Waals surface area contributed by atoms with Gasteiger partial charge in [0.05, 0.1) is 5.92 Å². The lowest BCUT2D eigenvalue weighted by atomic mass is 9.45. The summed E-state index contributed by atoms with van der Waals surface area (Å²) >= 11 is 0. The van der Waals surface area contributed by atoms with Gasteiger partial charge in [0.1, 0.15) is 0 Å². The fraction of sp³-hybridized carbons (Fsp3) is 0.900. The maximum Gasteiger partial charge on any atom is 0.307 e. The Hall–Kier alpha value is -1.06. The molecule has 2 N–H and O–H groups in total. The van der Waals surface area contributed by atoms with Gasteiger partial charge < -0.3 is 10.4 Å². The number of piperidine rings is 1. The van der Waals surface area contributed by atoms with Gasteiger partial charge in [0.2, 0.25) is 5.91 Å². The molecule has 0 spiro atoms. The highest BCUT2D eigenvalue weighted by molar-refractivity contribution is 5.77. The Labute approximate surface area is 144 Å². The van der Waals surface area contributed by atoms with E-state index in [9.17, 15) is 14.7 Å². The van der Waals surface area contributed by atoms with Crippen molar-refractivity contribution in [2.24, 2.45) is 40.4 Å². The van der Waals surface area contributed by atoms with Crippen LogP contribution in [0.2, 0.25) is 0 Å². The van der Waals surface area contributed by atoms with Gasteiger partial charge in [-0.1, -0.05) is 20.8 Å². The predicted molar refractivity (Wildman–Crippen MR) is 91.2 cm³/mol. The first-order valence-electron chi connectivity index (χ1n) is 9.79. The van der Waals surface area contributed by atoms with Gasteiger partial charge in [0, 0.05) is 12.5 Å². The highest BCUT2D eigenvalue weighted by atomic mass is 16.4. The molecule has 4 heteroatoms. The van der Waals surface area contributed by atoms with E-state index < -0.39 is 5.97 Å². The fourth-order valence-electron chi connectivity index (χ4n) is 7.45. The van der Waals surface area contributed by atoms with Crippen molar-refractivity contribution in [2.75, 3.05) is 0 Å². The zero-order valence-electron chi connectivity index (χ0n) is 15.2. The molecule has 0 bridgehead atoms. The first-order valence-corrected chi connectivity index (χ1v) is 9.79. The Morgan fingerprint density at radius 2 is 1.83 bits per heavy atom. The Morgan fingerprint density at radius 1 is 1.12 bits per heavy atom. The number of amides is 1. The van der Waals surface area contributed by atoms with Crippen molar-refractivity contribution in [3.05, 3.63) is 0 Å². The molecule has 0 aromatic rings. The predicted octanol–water partition coefficient (Wildman–Crippen LogP) is 3.45. The number of hydrogen-bond acceptors (Lipinski definition) is 2. The van der Waals surface area contributed by atoms with Crippen molar-refractivity contribution in [1.82, 2.24) is 5.32 Å². The Morgan fingerprint density at radius 3 is 2.54 bits per heavy atom. The van der Waals surface area contributed by atoms with Crippen LogP contribution in [-0.4, -0.2) is 23.0 Å². The number of carbonyl (C=O) groups is 2. The Bertz CT molecular complexity index is 575. The third-order valence-electron chi connectivity index (χ3n) is 8.76. The molecule has 1 aliphatic heterocycles. The monoisotopic (exact) mass is 333 g/mol. The number of carbonyl (C=O) groups excluding carboxylic acids is 1. The lowest BCUT2D eigenvalue weighted by Crippen LogP contribution is -2.63. The van der Waals surface area contributed by atoms with Crippen LogP contribution in [0, 0.1) is 40.4 Å². The molecule has 0 aromatic carbocycles. The summed E-state index contributed by atoms with van der Waals surface area (Å²) in [6.45, 7) is 6.99. The van der Waals surface area contributed by atoms with Gasteiger partial charge in [-0.3, -0.25) is 9.59 Å². The van der Waals surface area contributed by atoms with Gasteiger partial charge in [-0.15, -0.1) is 0 Å². The molecule has 4 rings (SSSR count). The number of nitrogens with one attached hydrogen (secondary N) is 1. The van der Waals surface area contributed by atoms with Crippen molar-refractivity contribution in [3.63, 3.8) is 0 Å². The van der Waals surface area contributed by atoms with Crippen molar-refractivity contribution in [2.45, 2.75) is 71.8 Å². The smallest absolute Gasteiger partial charge is 0.307 e. The molecule has 1 saturated heterocycles. The molecule has 3 aliphatic carbocycles. The lowest BCUT2D eigenvalue weighted by Gasteiger charge is -2.62. The summed E-state index contributed by atoms with van der Waals surface area (Å²) in [6, 6.07) is 0.316. The Kier molecular flexibility index (Phi) is 3.57. The number of rotatable bonds is 1. The third-order valence-corrected chi connectivity index (χ3v) is 8.76. The largest absolute Gasteiger partial charge is 0.481 e. The second-order valence-corrected chi connectivity index (χ2v) is 9.64. The van der Waals surface area contributed by atoms with Gasteiger partial charge in [-0.2, -0.15) is 0 Å². The van der Waals surface area contributed by atoms with Crippen LogP contribution >= 0.6 is 0 Å². The molecule has 134 valence electrons. The van der Waals surface area contributed by atoms with Crippen molar-refractivity contribution in [3.8, 4) is 0 Å². The van der Waals surface area contributed by atoms with E-state index in [4.69, 9.17) is 0 Å². The standard InChI is InChI=1S/C20H31NO3/c1-11-10-15-20(3,9-7-16(22)21-15)13-6-8-19(2)12(17(11)13)4-5-14(19)18(23)24/h11-15,17H,4-10H2,1-3H3,(H,21,22)(H,23,24)/t11-,12?,13?,14+,15?,17?,19-,20+/m0/s1. The third kappa shape index (κ3) is 2.04. The summed E-state index contributed by atoms with van der Waals surface area (Å²) in [7, 11) is 0. The van der Waals surface area contributed by atoms with E-state index in [0.717, 1.165) is 38.5 Å². The molecule has 0 radical (unpaired) electrons. The van der Waals surface area contributed by atoms with Crippen molar-refractivity contribution < 1.29 is 14.7 Å². The molecular formula is C20H31NO3. The van der Waals surface area contributed by atoms with E-state index in [1.807, 2.05) is 0 Å².